The number of rotatable bonds is 6. The van der Waals surface area contributed by atoms with Crippen molar-refractivity contribution in [3.63, 3.8) is 0 Å². The molecule has 0 spiro atoms. The molecule has 2 N–H and O–H groups in total. The number of nitrogens with two attached hydrogens (primary N) is 1. The van der Waals surface area contributed by atoms with Crippen molar-refractivity contribution >= 4 is 5.91 Å². The Morgan fingerprint density at radius 2 is 1.90 bits per heavy atom. The summed E-state index contributed by atoms with van der Waals surface area (Å²) in [5, 5.41) is 0. The van der Waals surface area contributed by atoms with Crippen LogP contribution < -0.4 is 5.73 Å². The maximum atomic E-state index is 12.1. The Morgan fingerprint density at radius 1 is 1.35 bits per heavy atom. The van der Waals surface area contributed by atoms with Gasteiger partial charge >= 0.3 is 0 Å². The number of carbonyl (C=O) groups is 1. The van der Waals surface area contributed by atoms with E-state index in [9.17, 15) is 4.79 Å². The number of aryl methyl sites for hydroxylation is 1. The monoisotopic (exact) mass is 278 g/mol. The highest BCUT2D eigenvalue weighted by molar-refractivity contribution is 5.81. The standard InChI is InChI=1S/C16H26N2O2/c1-12-6-8-13(9-7-12)16(2,3)11-18(4)15(19)14(17)10-20-5/h6-9,14H,10-11,17H2,1-5H3. The Labute approximate surface area is 121 Å². The fourth-order valence-electron chi connectivity index (χ4n) is 2.30. The van der Waals surface area contributed by atoms with Crippen LogP contribution in [0, 0.1) is 6.92 Å². The molecule has 1 atom stereocenters. The van der Waals surface area contributed by atoms with Gasteiger partial charge in [0.2, 0.25) is 5.91 Å². The molecule has 4 nitrogen and oxygen atoms in total. The molecule has 1 aromatic carbocycles. The van der Waals surface area contributed by atoms with E-state index in [4.69, 9.17) is 10.5 Å². The predicted molar refractivity (Wildman–Crippen MR) is 81.7 cm³/mol. The molecule has 0 bridgehead atoms. The number of methoxy groups -OCH3 is 1. The number of ether oxygens (including phenoxy) is 1. The third-order valence-electron chi connectivity index (χ3n) is 3.51. The van der Waals surface area contributed by atoms with E-state index in [0.29, 0.717) is 6.54 Å². The van der Waals surface area contributed by atoms with Crippen LogP contribution in [-0.4, -0.2) is 44.2 Å². The Bertz CT molecular complexity index is 440. The Hall–Kier alpha value is -1.39. The third kappa shape index (κ3) is 4.32. The van der Waals surface area contributed by atoms with E-state index in [1.165, 1.54) is 11.1 Å². The molecule has 0 aliphatic rings. The number of benzene rings is 1. The van der Waals surface area contributed by atoms with Crippen LogP contribution in [0.15, 0.2) is 24.3 Å². The van der Waals surface area contributed by atoms with E-state index in [-0.39, 0.29) is 17.9 Å². The largest absolute Gasteiger partial charge is 0.383 e. The van der Waals surface area contributed by atoms with Gasteiger partial charge in [-0.15, -0.1) is 0 Å². The molecule has 1 rings (SSSR count). The first-order valence-electron chi connectivity index (χ1n) is 6.84. The number of amides is 1. The van der Waals surface area contributed by atoms with E-state index >= 15 is 0 Å². The van der Waals surface area contributed by atoms with Crippen LogP contribution in [0.2, 0.25) is 0 Å². The smallest absolute Gasteiger partial charge is 0.241 e. The normalized spacial score (nSPS) is 13.1. The van der Waals surface area contributed by atoms with Gasteiger partial charge in [0, 0.05) is 26.1 Å². The maximum Gasteiger partial charge on any atom is 0.241 e. The molecule has 1 amide bonds. The van der Waals surface area contributed by atoms with Crippen molar-refractivity contribution in [2.75, 3.05) is 27.3 Å². The highest BCUT2D eigenvalue weighted by Gasteiger charge is 2.26. The van der Waals surface area contributed by atoms with Crippen molar-refractivity contribution in [3.05, 3.63) is 35.4 Å². The summed E-state index contributed by atoms with van der Waals surface area (Å²) in [5.74, 6) is -0.0907. The number of nitrogens with zero attached hydrogens (tertiary/aromatic N) is 1. The molecule has 4 heteroatoms. The molecule has 0 aliphatic heterocycles. The van der Waals surface area contributed by atoms with E-state index in [1.54, 1.807) is 19.1 Å². The lowest BCUT2D eigenvalue weighted by Gasteiger charge is -2.32. The SMILES string of the molecule is COCC(N)C(=O)N(C)CC(C)(C)c1ccc(C)cc1. The molecule has 20 heavy (non-hydrogen) atoms. The van der Waals surface area contributed by atoms with Gasteiger partial charge in [-0.2, -0.15) is 0 Å². The minimum absolute atomic E-state index is 0.0907. The van der Waals surface area contributed by atoms with Gasteiger partial charge in [-0.3, -0.25) is 4.79 Å². The fourth-order valence-corrected chi connectivity index (χ4v) is 2.30. The summed E-state index contributed by atoms with van der Waals surface area (Å²) in [7, 11) is 3.33. The Kier molecular flexibility index (Phi) is 5.72. The summed E-state index contributed by atoms with van der Waals surface area (Å²) < 4.78 is 4.93. The van der Waals surface area contributed by atoms with Gasteiger partial charge in [0.05, 0.1) is 6.61 Å². The molecule has 0 aliphatic carbocycles. The third-order valence-corrected chi connectivity index (χ3v) is 3.51. The zero-order valence-electron chi connectivity index (χ0n) is 13.1. The van der Waals surface area contributed by atoms with Crippen molar-refractivity contribution in [3.8, 4) is 0 Å². The maximum absolute atomic E-state index is 12.1. The molecule has 1 aromatic rings. The molecule has 0 radical (unpaired) electrons. The number of likely N-dealkylation sites (N-methyl/N-ethyl adjacent to an activating group) is 1. The van der Waals surface area contributed by atoms with Gasteiger partial charge < -0.3 is 15.4 Å². The lowest BCUT2D eigenvalue weighted by Crippen LogP contribution is -2.48. The second kappa shape index (κ2) is 6.86. The second-order valence-electron chi connectivity index (χ2n) is 6.01. The van der Waals surface area contributed by atoms with Gasteiger partial charge in [-0.05, 0) is 12.5 Å². The molecule has 0 aromatic heterocycles. The highest BCUT2D eigenvalue weighted by Crippen LogP contribution is 2.24. The van der Waals surface area contributed by atoms with Gasteiger partial charge in [-0.25, -0.2) is 0 Å². The van der Waals surface area contributed by atoms with Crippen molar-refractivity contribution < 1.29 is 9.53 Å². The molecule has 0 fully saturated rings. The van der Waals surface area contributed by atoms with Crippen molar-refractivity contribution in [2.24, 2.45) is 5.73 Å². The second-order valence-corrected chi connectivity index (χ2v) is 6.01. The number of carbonyl (C=O) groups excluding carboxylic acids is 1. The average molecular weight is 278 g/mol. The predicted octanol–water partition coefficient (Wildman–Crippen LogP) is 1.70. The van der Waals surface area contributed by atoms with Crippen LogP contribution in [0.3, 0.4) is 0 Å². The molecular weight excluding hydrogens is 252 g/mol. The first-order valence-corrected chi connectivity index (χ1v) is 6.84. The van der Waals surface area contributed by atoms with Crippen molar-refractivity contribution in [2.45, 2.75) is 32.2 Å². The van der Waals surface area contributed by atoms with Crippen LogP contribution in [-0.2, 0) is 14.9 Å². The topological polar surface area (TPSA) is 55.6 Å². The van der Waals surface area contributed by atoms with E-state index in [2.05, 4.69) is 45.0 Å². The lowest BCUT2D eigenvalue weighted by atomic mass is 9.83. The summed E-state index contributed by atoms with van der Waals surface area (Å²) in [4.78, 5) is 13.8. The summed E-state index contributed by atoms with van der Waals surface area (Å²) >= 11 is 0. The number of hydrogen-bond donors (Lipinski definition) is 1. The lowest BCUT2D eigenvalue weighted by molar-refractivity contribution is -0.133. The van der Waals surface area contributed by atoms with E-state index in [0.717, 1.165) is 0 Å². The van der Waals surface area contributed by atoms with Gasteiger partial charge in [0.15, 0.2) is 0 Å². The molecule has 0 heterocycles. The van der Waals surface area contributed by atoms with E-state index in [1.807, 2.05) is 0 Å². The van der Waals surface area contributed by atoms with Crippen LogP contribution in [0.5, 0.6) is 0 Å². The summed E-state index contributed by atoms with van der Waals surface area (Å²) in [6, 6.07) is 7.81. The molecular formula is C16H26N2O2. The quantitative estimate of drug-likeness (QED) is 0.862. The van der Waals surface area contributed by atoms with Gasteiger partial charge in [-0.1, -0.05) is 43.7 Å². The highest BCUT2D eigenvalue weighted by atomic mass is 16.5. The van der Waals surface area contributed by atoms with Crippen molar-refractivity contribution in [1.29, 1.82) is 0 Å². The first kappa shape index (κ1) is 16.7. The van der Waals surface area contributed by atoms with E-state index < -0.39 is 6.04 Å². The van der Waals surface area contributed by atoms with Crippen LogP contribution >= 0.6 is 0 Å². The molecule has 0 saturated heterocycles. The van der Waals surface area contributed by atoms with Crippen LogP contribution in [0.4, 0.5) is 0 Å². The van der Waals surface area contributed by atoms with Crippen molar-refractivity contribution in [1.82, 2.24) is 4.90 Å². The molecule has 1 unspecified atom stereocenters. The zero-order valence-corrected chi connectivity index (χ0v) is 13.1. The number of hydrogen-bond acceptors (Lipinski definition) is 3. The Morgan fingerprint density at radius 3 is 2.40 bits per heavy atom. The van der Waals surface area contributed by atoms with Gasteiger partial charge in [0.1, 0.15) is 6.04 Å². The van der Waals surface area contributed by atoms with Crippen LogP contribution in [0.25, 0.3) is 0 Å². The zero-order chi connectivity index (χ0) is 15.3. The first-order chi connectivity index (χ1) is 9.27. The molecule has 112 valence electrons. The summed E-state index contributed by atoms with van der Waals surface area (Å²) in [5.41, 5.74) is 8.11. The minimum atomic E-state index is -0.598. The molecule has 0 saturated carbocycles. The fraction of sp³-hybridized carbons (Fsp3) is 0.562. The summed E-state index contributed by atoms with van der Waals surface area (Å²) in [6.07, 6.45) is 0. The average Bonchev–Trinajstić information content (AvgIpc) is 2.38. The van der Waals surface area contributed by atoms with Gasteiger partial charge in [0.25, 0.3) is 0 Å². The minimum Gasteiger partial charge on any atom is -0.383 e. The Balaban J connectivity index is 2.74. The summed E-state index contributed by atoms with van der Waals surface area (Å²) in [6.45, 7) is 7.18. The van der Waals surface area contributed by atoms with Crippen LogP contribution in [0.1, 0.15) is 25.0 Å².